The van der Waals surface area contributed by atoms with Gasteiger partial charge < -0.3 is 20.5 Å². The summed E-state index contributed by atoms with van der Waals surface area (Å²) >= 11 is 5.87. The highest BCUT2D eigenvalue weighted by Gasteiger charge is 2.32. The molecule has 2 aromatic rings. The van der Waals surface area contributed by atoms with E-state index in [2.05, 4.69) is 10.4 Å². The van der Waals surface area contributed by atoms with Crippen molar-refractivity contribution in [1.82, 2.24) is 15.1 Å². The lowest BCUT2D eigenvalue weighted by atomic mass is 10.2. The van der Waals surface area contributed by atoms with Crippen LogP contribution in [0.5, 0.6) is 0 Å². The largest absolute Gasteiger partial charge is 0.383 e. The lowest BCUT2D eigenvalue weighted by Crippen LogP contribution is -2.34. The second-order valence-electron chi connectivity index (χ2n) is 5.99. The van der Waals surface area contributed by atoms with E-state index in [1.807, 2.05) is 13.8 Å². The Bertz CT molecular complexity index is 742. The molecular weight excluding hydrogens is 332 g/mol. The number of rotatable bonds is 4. The molecule has 1 aromatic carbocycles. The van der Waals surface area contributed by atoms with Gasteiger partial charge in [-0.3, -0.25) is 4.79 Å². The van der Waals surface area contributed by atoms with Gasteiger partial charge in [0.25, 0.3) is 5.91 Å². The van der Waals surface area contributed by atoms with Crippen molar-refractivity contribution in [1.29, 1.82) is 0 Å². The van der Waals surface area contributed by atoms with Gasteiger partial charge in [-0.25, -0.2) is 4.68 Å². The molecule has 0 spiro atoms. The van der Waals surface area contributed by atoms with Crippen molar-refractivity contribution < 1.29 is 14.3 Å². The molecule has 1 aliphatic heterocycles. The van der Waals surface area contributed by atoms with Crippen molar-refractivity contribution in [2.45, 2.75) is 25.7 Å². The number of hydrogen-bond donors (Lipinski definition) is 2. The first-order valence-electron chi connectivity index (χ1n) is 7.55. The average Bonchev–Trinajstić information content (AvgIpc) is 3.08. The molecule has 1 aliphatic rings. The zero-order valence-electron chi connectivity index (χ0n) is 13.5. The molecule has 0 saturated carbocycles. The molecule has 1 unspecified atom stereocenters. The summed E-state index contributed by atoms with van der Waals surface area (Å²) in [6.07, 6.45) is 1.26. The third kappa shape index (κ3) is 3.53. The molecule has 1 amide bonds. The minimum atomic E-state index is -0.617. The van der Waals surface area contributed by atoms with E-state index >= 15 is 0 Å². The molecule has 0 aliphatic carbocycles. The van der Waals surface area contributed by atoms with Gasteiger partial charge in [0.2, 0.25) is 0 Å². The van der Waals surface area contributed by atoms with E-state index in [9.17, 15) is 4.79 Å². The highest BCUT2D eigenvalue weighted by molar-refractivity contribution is 6.30. The van der Waals surface area contributed by atoms with Gasteiger partial charge in [-0.1, -0.05) is 11.6 Å². The standard InChI is InChI=1S/C16H19ClN4O3/c1-16(2)23-9-12(24-16)7-19-15(22)13-8-20-21(14(13)18)11-5-3-10(17)4-6-11/h3-6,8,12H,7,9,18H2,1-2H3,(H,19,22). The molecular formula is C16H19ClN4O3. The van der Waals surface area contributed by atoms with Gasteiger partial charge in [-0.05, 0) is 38.1 Å². The zero-order chi connectivity index (χ0) is 17.3. The minimum absolute atomic E-state index is 0.184. The Morgan fingerprint density at radius 1 is 1.46 bits per heavy atom. The number of nitrogens with one attached hydrogen (secondary N) is 1. The number of ether oxygens (including phenoxy) is 2. The quantitative estimate of drug-likeness (QED) is 0.879. The average molecular weight is 351 g/mol. The summed E-state index contributed by atoms with van der Waals surface area (Å²) in [4.78, 5) is 12.3. The first-order chi connectivity index (χ1) is 11.4. The lowest BCUT2D eigenvalue weighted by Gasteiger charge is -2.17. The Morgan fingerprint density at radius 2 is 2.17 bits per heavy atom. The fourth-order valence-corrected chi connectivity index (χ4v) is 2.61. The van der Waals surface area contributed by atoms with Crippen LogP contribution in [0.2, 0.25) is 5.02 Å². The van der Waals surface area contributed by atoms with E-state index in [4.69, 9.17) is 26.8 Å². The monoisotopic (exact) mass is 350 g/mol. The molecule has 1 fully saturated rings. The van der Waals surface area contributed by atoms with Gasteiger partial charge in [0.1, 0.15) is 17.5 Å². The van der Waals surface area contributed by atoms with Crippen molar-refractivity contribution >= 4 is 23.3 Å². The summed E-state index contributed by atoms with van der Waals surface area (Å²) in [5, 5.41) is 7.58. The molecule has 1 aromatic heterocycles. The number of amides is 1. The summed E-state index contributed by atoms with van der Waals surface area (Å²) in [5.74, 6) is -0.659. The Morgan fingerprint density at radius 3 is 2.79 bits per heavy atom. The number of halogens is 1. The highest BCUT2D eigenvalue weighted by Crippen LogP contribution is 2.22. The lowest BCUT2D eigenvalue weighted by molar-refractivity contribution is -0.137. The Hall–Kier alpha value is -2.09. The first-order valence-corrected chi connectivity index (χ1v) is 7.93. The number of nitrogen functional groups attached to an aromatic ring is 1. The number of nitrogens with zero attached hydrogens (tertiary/aromatic N) is 2. The van der Waals surface area contributed by atoms with Crippen LogP contribution in [0.15, 0.2) is 30.5 Å². The van der Waals surface area contributed by atoms with Crippen LogP contribution in [0, 0.1) is 0 Å². The van der Waals surface area contributed by atoms with Crippen LogP contribution in [0.4, 0.5) is 5.82 Å². The van der Waals surface area contributed by atoms with Crippen molar-refractivity contribution in [2.75, 3.05) is 18.9 Å². The number of carbonyl (C=O) groups excluding carboxylic acids is 1. The summed E-state index contributed by atoms with van der Waals surface area (Å²) in [5.41, 5.74) is 7.09. The molecule has 1 atom stereocenters. The Balaban J connectivity index is 1.67. The minimum Gasteiger partial charge on any atom is -0.383 e. The Labute approximate surface area is 144 Å². The van der Waals surface area contributed by atoms with Crippen LogP contribution in [-0.4, -0.2) is 40.7 Å². The predicted molar refractivity (Wildman–Crippen MR) is 90.2 cm³/mol. The SMILES string of the molecule is CC1(C)OCC(CNC(=O)c2cnn(-c3ccc(Cl)cc3)c2N)O1. The van der Waals surface area contributed by atoms with Crippen molar-refractivity contribution in [3.05, 3.63) is 41.0 Å². The summed E-state index contributed by atoms with van der Waals surface area (Å²) < 4.78 is 12.6. The maximum absolute atomic E-state index is 12.3. The fraction of sp³-hybridized carbons (Fsp3) is 0.375. The van der Waals surface area contributed by atoms with Crippen LogP contribution < -0.4 is 11.1 Å². The molecule has 3 rings (SSSR count). The first kappa shape index (κ1) is 16.8. The normalized spacial score (nSPS) is 19.4. The van der Waals surface area contributed by atoms with E-state index in [-0.39, 0.29) is 17.8 Å². The molecule has 0 bridgehead atoms. The number of carbonyl (C=O) groups is 1. The molecule has 7 nitrogen and oxygen atoms in total. The second-order valence-corrected chi connectivity index (χ2v) is 6.43. The summed E-state index contributed by atoms with van der Waals surface area (Å²) in [7, 11) is 0. The number of anilines is 1. The second kappa shape index (κ2) is 6.43. The van der Waals surface area contributed by atoms with Crippen LogP contribution in [0.3, 0.4) is 0 Å². The molecule has 1 saturated heterocycles. The van der Waals surface area contributed by atoms with Gasteiger partial charge >= 0.3 is 0 Å². The molecule has 0 radical (unpaired) electrons. The van der Waals surface area contributed by atoms with Gasteiger partial charge in [0.15, 0.2) is 5.79 Å². The maximum atomic E-state index is 12.3. The third-order valence-electron chi connectivity index (χ3n) is 3.68. The van der Waals surface area contributed by atoms with E-state index in [1.54, 1.807) is 24.3 Å². The summed E-state index contributed by atoms with van der Waals surface area (Å²) in [6.45, 7) is 4.45. The van der Waals surface area contributed by atoms with Crippen LogP contribution in [-0.2, 0) is 9.47 Å². The molecule has 128 valence electrons. The smallest absolute Gasteiger partial charge is 0.256 e. The maximum Gasteiger partial charge on any atom is 0.256 e. The number of hydrogen-bond acceptors (Lipinski definition) is 5. The van der Waals surface area contributed by atoms with Gasteiger partial charge in [0.05, 0.1) is 18.5 Å². The number of benzene rings is 1. The van der Waals surface area contributed by atoms with E-state index in [0.29, 0.717) is 23.7 Å². The van der Waals surface area contributed by atoms with Gasteiger partial charge in [-0.15, -0.1) is 0 Å². The van der Waals surface area contributed by atoms with Gasteiger partial charge in [0, 0.05) is 11.6 Å². The van der Waals surface area contributed by atoms with Crippen LogP contribution in [0.25, 0.3) is 5.69 Å². The fourth-order valence-electron chi connectivity index (χ4n) is 2.49. The zero-order valence-corrected chi connectivity index (χ0v) is 14.2. The highest BCUT2D eigenvalue weighted by atomic mass is 35.5. The molecule has 3 N–H and O–H groups in total. The van der Waals surface area contributed by atoms with Gasteiger partial charge in [-0.2, -0.15) is 5.10 Å². The topological polar surface area (TPSA) is 91.4 Å². The van der Waals surface area contributed by atoms with E-state index < -0.39 is 5.79 Å². The molecule has 8 heteroatoms. The Kier molecular flexibility index (Phi) is 4.49. The third-order valence-corrected chi connectivity index (χ3v) is 3.93. The number of aromatic nitrogens is 2. The van der Waals surface area contributed by atoms with Crippen molar-refractivity contribution in [3.63, 3.8) is 0 Å². The molecule has 2 heterocycles. The van der Waals surface area contributed by atoms with E-state index in [0.717, 1.165) is 5.69 Å². The number of nitrogens with two attached hydrogens (primary N) is 1. The summed E-state index contributed by atoms with van der Waals surface area (Å²) in [6, 6.07) is 7.02. The van der Waals surface area contributed by atoms with Crippen molar-refractivity contribution in [2.24, 2.45) is 0 Å². The van der Waals surface area contributed by atoms with Crippen molar-refractivity contribution in [3.8, 4) is 5.69 Å². The van der Waals surface area contributed by atoms with Crippen LogP contribution in [0.1, 0.15) is 24.2 Å². The molecule has 24 heavy (non-hydrogen) atoms. The van der Waals surface area contributed by atoms with E-state index in [1.165, 1.54) is 10.9 Å². The predicted octanol–water partition coefficient (Wildman–Crippen LogP) is 1.99. The van der Waals surface area contributed by atoms with Crippen LogP contribution >= 0.6 is 11.6 Å².